The molecule has 0 bridgehead atoms. The van der Waals surface area contributed by atoms with Gasteiger partial charge in [0.15, 0.2) is 0 Å². The topological polar surface area (TPSA) is 116 Å². The summed E-state index contributed by atoms with van der Waals surface area (Å²) in [5.41, 5.74) is 0.850. The molecule has 2 aromatic carbocycles. The first-order valence-corrected chi connectivity index (χ1v) is 13.5. The summed E-state index contributed by atoms with van der Waals surface area (Å²) in [6.07, 6.45) is 5.72. The molecule has 2 aliphatic rings. The lowest BCUT2D eigenvalue weighted by Crippen LogP contribution is -2.50. The van der Waals surface area contributed by atoms with E-state index >= 15 is 0 Å². The van der Waals surface area contributed by atoms with Crippen LogP contribution in [0, 0.1) is 10.1 Å². The number of carbonyl (C=O) groups is 2. The molecule has 1 saturated carbocycles. The fraction of sp³-hybridized carbons (Fsp3) is 0.517. The van der Waals surface area contributed by atoms with Crippen LogP contribution >= 0.6 is 0 Å². The van der Waals surface area contributed by atoms with Crippen LogP contribution in [0.2, 0.25) is 0 Å². The third-order valence-corrected chi connectivity index (χ3v) is 7.98. The molecule has 9 nitrogen and oxygen atoms in total. The van der Waals surface area contributed by atoms with Crippen molar-refractivity contribution in [3.8, 4) is 0 Å². The number of hydrogen-bond acceptors (Lipinski definition) is 6. The van der Waals surface area contributed by atoms with E-state index in [9.17, 15) is 24.8 Å². The molecule has 9 heteroatoms. The second-order valence-electron chi connectivity index (χ2n) is 10.8. The quantitative estimate of drug-likeness (QED) is 0.279. The van der Waals surface area contributed by atoms with E-state index in [2.05, 4.69) is 5.32 Å². The summed E-state index contributed by atoms with van der Waals surface area (Å²) in [6.45, 7) is 1.17. The Balaban J connectivity index is 1.83. The summed E-state index contributed by atoms with van der Waals surface area (Å²) >= 11 is 0. The summed E-state index contributed by atoms with van der Waals surface area (Å²) in [5.74, 6) is -0.317. The number of nitro benzene ring substituents is 1. The number of nitrogens with one attached hydrogen (secondary N) is 1. The summed E-state index contributed by atoms with van der Waals surface area (Å²) in [7, 11) is 3.95. The van der Waals surface area contributed by atoms with Gasteiger partial charge in [-0.1, -0.05) is 55.7 Å². The van der Waals surface area contributed by atoms with Crippen LogP contribution < -0.4 is 5.32 Å². The van der Waals surface area contributed by atoms with Gasteiger partial charge in [0.25, 0.3) is 5.69 Å². The van der Waals surface area contributed by atoms with Crippen molar-refractivity contribution in [1.29, 1.82) is 0 Å². The van der Waals surface area contributed by atoms with E-state index in [-0.39, 0.29) is 36.6 Å². The fourth-order valence-electron chi connectivity index (χ4n) is 6.06. The molecule has 2 atom stereocenters. The molecular weight excluding hydrogens is 484 g/mol. The van der Waals surface area contributed by atoms with Crippen molar-refractivity contribution in [2.75, 3.05) is 27.2 Å². The van der Waals surface area contributed by atoms with Gasteiger partial charge in [-0.15, -0.1) is 0 Å². The van der Waals surface area contributed by atoms with Crippen molar-refractivity contribution in [2.45, 2.75) is 69.1 Å². The maximum absolute atomic E-state index is 14.2. The van der Waals surface area contributed by atoms with E-state index in [1.807, 2.05) is 48.2 Å². The Bertz CT molecular complexity index is 1130. The zero-order chi connectivity index (χ0) is 27.3. The Hall–Kier alpha value is -3.30. The molecule has 2 N–H and O–H groups in total. The van der Waals surface area contributed by atoms with Crippen LogP contribution in [-0.2, 0) is 21.6 Å². The lowest BCUT2D eigenvalue weighted by atomic mass is 9.70. The Kier molecular flexibility index (Phi) is 8.79. The van der Waals surface area contributed by atoms with Crippen LogP contribution in [0.5, 0.6) is 0 Å². The molecule has 0 unspecified atom stereocenters. The van der Waals surface area contributed by atoms with E-state index in [1.165, 1.54) is 12.1 Å². The van der Waals surface area contributed by atoms with Crippen LogP contribution in [0.1, 0.15) is 67.7 Å². The number of nitrogens with zero attached hydrogens (tertiary/aromatic N) is 3. The predicted molar refractivity (Wildman–Crippen MR) is 144 cm³/mol. The highest BCUT2D eigenvalue weighted by molar-refractivity contribution is 5.98. The summed E-state index contributed by atoms with van der Waals surface area (Å²) in [4.78, 5) is 43.0. The molecular formula is C29H38N4O5. The molecule has 2 aromatic rings. The van der Waals surface area contributed by atoms with Crippen molar-refractivity contribution in [1.82, 2.24) is 15.1 Å². The SMILES string of the molecule is CN(C)CCCNC(=O)[C@@]1(c2ccc([N+](=O)[O-])cc2)CC(=O)N(C2CCCCC2)[C@@H]1c1ccc(CO)cc1. The molecule has 2 fully saturated rings. The van der Waals surface area contributed by atoms with Gasteiger partial charge in [0.2, 0.25) is 11.8 Å². The molecule has 0 aromatic heterocycles. The minimum Gasteiger partial charge on any atom is -0.392 e. The van der Waals surface area contributed by atoms with Gasteiger partial charge in [-0.05, 0) is 56.6 Å². The van der Waals surface area contributed by atoms with E-state index < -0.39 is 16.4 Å². The first-order valence-electron chi connectivity index (χ1n) is 13.5. The molecule has 38 heavy (non-hydrogen) atoms. The second kappa shape index (κ2) is 12.0. The Morgan fingerprint density at radius 3 is 2.34 bits per heavy atom. The standard InChI is InChI=1S/C29H38N4O5/c1-31(2)18-6-17-30-28(36)29(23-13-15-25(16-14-23)33(37)38)19-26(35)32(24-7-4-3-5-8-24)27(29)22-11-9-21(20-34)10-12-22/h9-16,24,27,34H,3-8,17-20H2,1-2H3,(H,30,36)/t27-,29-/m1/s1. The van der Waals surface area contributed by atoms with Crippen molar-refractivity contribution >= 4 is 17.5 Å². The maximum Gasteiger partial charge on any atom is 0.269 e. The van der Waals surface area contributed by atoms with Crippen molar-refractivity contribution in [2.24, 2.45) is 0 Å². The van der Waals surface area contributed by atoms with Crippen LogP contribution in [0.4, 0.5) is 5.69 Å². The predicted octanol–water partition coefficient (Wildman–Crippen LogP) is 3.70. The Morgan fingerprint density at radius 1 is 1.11 bits per heavy atom. The highest BCUT2D eigenvalue weighted by Crippen LogP contribution is 2.52. The fourth-order valence-corrected chi connectivity index (χ4v) is 6.06. The van der Waals surface area contributed by atoms with Gasteiger partial charge in [-0.25, -0.2) is 0 Å². The Labute approximate surface area is 224 Å². The van der Waals surface area contributed by atoms with Gasteiger partial charge in [-0.2, -0.15) is 0 Å². The number of rotatable bonds is 10. The zero-order valence-electron chi connectivity index (χ0n) is 22.3. The van der Waals surface area contributed by atoms with Gasteiger partial charge in [0, 0.05) is 31.1 Å². The molecule has 1 aliphatic heterocycles. The van der Waals surface area contributed by atoms with Crippen LogP contribution in [-0.4, -0.2) is 64.9 Å². The average molecular weight is 523 g/mol. The third-order valence-electron chi connectivity index (χ3n) is 7.98. The smallest absolute Gasteiger partial charge is 0.269 e. The summed E-state index contributed by atoms with van der Waals surface area (Å²) in [6, 6.07) is 13.0. The third kappa shape index (κ3) is 5.59. The number of likely N-dealkylation sites (tertiary alicyclic amines) is 1. The van der Waals surface area contributed by atoms with Crippen molar-refractivity contribution in [3.63, 3.8) is 0 Å². The van der Waals surface area contributed by atoms with Gasteiger partial charge >= 0.3 is 0 Å². The largest absolute Gasteiger partial charge is 0.392 e. The highest BCUT2D eigenvalue weighted by Gasteiger charge is 2.59. The molecule has 4 rings (SSSR count). The number of non-ortho nitro benzene ring substituents is 1. The maximum atomic E-state index is 14.2. The number of carbonyl (C=O) groups excluding carboxylic acids is 2. The van der Waals surface area contributed by atoms with Gasteiger partial charge < -0.3 is 20.2 Å². The summed E-state index contributed by atoms with van der Waals surface area (Å²) in [5, 5.41) is 24.1. The molecule has 2 amide bonds. The van der Waals surface area contributed by atoms with Crippen molar-refractivity contribution < 1.29 is 19.6 Å². The first-order chi connectivity index (χ1) is 18.3. The normalized spacial score (nSPS) is 22.2. The number of nitro groups is 1. The van der Waals surface area contributed by atoms with E-state index in [1.54, 1.807) is 12.1 Å². The number of amides is 2. The Morgan fingerprint density at radius 2 is 1.76 bits per heavy atom. The van der Waals surface area contributed by atoms with E-state index in [0.717, 1.165) is 56.2 Å². The van der Waals surface area contributed by atoms with Gasteiger partial charge in [-0.3, -0.25) is 19.7 Å². The molecule has 1 aliphatic carbocycles. The zero-order valence-corrected chi connectivity index (χ0v) is 22.3. The monoisotopic (exact) mass is 522 g/mol. The van der Waals surface area contributed by atoms with Crippen LogP contribution in [0.3, 0.4) is 0 Å². The van der Waals surface area contributed by atoms with Crippen molar-refractivity contribution in [3.05, 3.63) is 75.3 Å². The summed E-state index contributed by atoms with van der Waals surface area (Å²) < 4.78 is 0. The molecule has 0 spiro atoms. The first kappa shape index (κ1) is 27.7. The molecule has 1 saturated heterocycles. The minimum absolute atomic E-state index is 0.00670. The lowest BCUT2D eigenvalue weighted by Gasteiger charge is -2.41. The van der Waals surface area contributed by atoms with E-state index in [4.69, 9.17) is 0 Å². The van der Waals surface area contributed by atoms with Gasteiger partial charge in [0.05, 0.1) is 17.6 Å². The number of aliphatic hydroxyl groups is 1. The number of benzene rings is 2. The highest BCUT2D eigenvalue weighted by atomic mass is 16.6. The number of aliphatic hydroxyl groups excluding tert-OH is 1. The van der Waals surface area contributed by atoms with E-state index in [0.29, 0.717) is 12.1 Å². The molecule has 204 valence electrons. The number of hydrogen-bond donors (Lipinski definition) is 2. The average Bonchev–Trinajstić information content (AvgIpc) is 3.25. The minimum atomic E-state index is -1.25. The lowest BCUT2D eigenvalue weighted by molar-refractivity contribution is -0.384. The molecule has 0 radical (unpaired) electrons. The van der Waals surface area contributed by atoms with Crippen LogP contribution in [0.15, 0.2) is 48.5 Å². The van der Waals surface area contributed by atoms with Gasteiger partial charge in [0.1, 0.15) is 5.41 Å². The second-order valence-corrected chi connectivity index (χ2v) is 10.8. The van der Waals surface area contributed by atoms with Crippen LogP contribution in [0.25, 0.3) is 0 Å². The molecule has 1 heterocycles.